The van der Waals surface area contributed by atoms with Gasteiger partial charge in [-0.3, -0.25) is 14.5 Å². The van der Waals surface area contributed by atoms with Crippen molar-refractivity contribution in [3.63, 3.8) is 0 Å². The summed E-state index contributed by atoms with van der Waals surface area (Å²) in [6.07, 6.45) is 0. The highest BCUT2D eigenvalue weighted by Crippen LogP contribution is 2.18. The minimum Gasteiger partial charge on any atom is -0.505 e. The maximum Gasteiger partial charge on any atom is 0.278 e. The predicted octanol–water partition coefficient (Wildman–Crippen LogP) is 1.81. The number of hydrogen-bond acceptors (Lipinski definition) is 8. The number of aromatic nitrogens is 3. The summed E-state index contributed by atoms with van der Waals surface area (Å²) < 4.78 is 6.49. The molecule has 9 nitrogen and oxygen atoms in total. The van der Waals surface area contributed by atoms with E-state index in [2.05, 4.69) is 15.0 Å². The third kappa shape index (κ3) is 5.04. The molecule has 0 aliphatic carbocycles. The molecule has 0 atom stereocenters. The second kappa shape index (κ2) is 9.60. The van der Waals surface area contributed by atoms with E-state index in [1.54, 1.807) is 36.6 Å². The van der Waals surface area contributed by atoms with Gasteiger partial charge in [0.2, 0.25) is 0 Å². The van der Waals surface area contributed by atoms with Crippen LogP contribution in [0.5, 0.6) is 5.75 Å². The van der Waals surface area contributed by atoms with Gasteiger partial charge in [0.1, 0.15) is 5.01 Å². The van der Waals surface area contributed by atoms with Crippen LogP contribution in [0.1, 0.15) is 26.8 Å². The monoisotopic (exact) mass is 455 g/mol. The molecule has 3 aromatic rings. The number of carbonyl (C=O) groups excluding carboxylic acids is 1. The van der Waals surface area contributed by atoms with Crippen molar-refractivity contribution < 1.29 is 14.6 Å². The molecular formula is C22H25N5O4S. The summed E-state index contributed by atoms with van der Waals surface area (Å²) in [5, 5.41) is 17.3. The van der Waals surface area contributed by atoms with Crippen molar-refractivity contribution in [1.82, 2.24) is 24.6 Å². The van der Waals surface area contributed by atoms with Crippen molar-refractivity contribution in [1.29, 1.82) is 0 Å². The summed E-state index contributed by atoms with van der Waals surface area (Å²) in [5.74, 6) is -0.936. The number of nitrogens with zero attached hydrogens (tertiary/aromatic N) is 5. The van der Waals surface area contributed by atoms with Gasteiger partial charge in [0.05, 0.1) is 37.7 Å². The van der Waals surface area contributed by atoms with Crippen LogP contribution in [-0.4, -0.2) is 68.9 Å². The Morgan fingerprint density at radius 3 is 2.81 bits per heavy atom. The Labute approximate surface area is 189 Å². The number of carbonyl (C=O) groups is 1. The third-order valence-electron chi connectivity index (χ3n) is 5.17. The third-order valence-corrected chi connectivity index (χ3v) is 6.05. The van der Waals surface area contributed by atoms with Crippen molar-refractivity contribution in [2.45, 2.75) is 20.0 Å². The van der Waals surface area contributed by atoms with Crippen LogP contribution in [0.25, 0.3) is 5.69 Å². The molecule has 168 valence electrons. The van der Waals surface area contributed by atoms with Crippen LogP contribution in [0.15, 0.2) is 40.5 Å². The number of hydrogen-bond donors (Lipinski definition) is 1. The molecule has 0 bridgehead atoms. The van der Waals surface area contributed by atoms with Crippen molar-refractivity contribution in [3.8, 4) is 11.4 Å². The number of aromatic hydroxyl groups is 1. The number of aryl methyl sites for hydroxylation is 1. The molecule has 2 aromatic heterocycles. The van der Waals surface area contributed by atoms with E-state index in [-0.39, 0.29) is 12.2 Å². The lowest BCUT2D eigenvalue weighted by Crippen LogP contribution is -2.35. The fourth-order valence-electron chi connectivity index (χ4n) is 3.48. The number of morpholine rings is 1. The highest BCUT2D eigenvalue weighted by molar-refractivity contribution is 7.09. The van der Waals surface area contributed by atoms with E-state index in [0.717, 1.165) is 59.9 Å². The molecule has 1 saturated heterocycles. The highest BCUT2D eigenvalue weighted by atomic mass is 32.1. The zero-order chi connectivity index (χ0) is 22.7. The fraction of sp³-hybridized carbons (Fsp3) is 0.364. The molecule has 0 saturated carbocycles. The van der Waals surface area contributed by atoms with Crippen molar-refractivity contribution >= 4 is 17.2 Å². The minimum atomic E-state index is -0.514. The van der Waals surface area contributed by atoms with Crippen LogP contribution in [0.3, 0.4) is 0 Å². The molecule has 1 N–H and O–H groups in total. The van der Waals surface area contributed by atoms with Gasteiger partial charge >= 0.3 is 0 Å². The first-order valence-electron chi connectivity index (χ1n) is 10.3. The lowest BCUT2D eigenvalue weighted by atomic mass is 10.2. The number of thiazole rings is 1. The summed E-state index contributed by atoms with van der Waals surface area (Å²) in [6, 6.07) is 8.22. The van der Waals surface area contributed by atoms with Gasteiger partial charge in [-0.2, -0.15) is 9.78 Å². The Kier molecular flexibility index (Phi) is 6.63. The number of amides is 1. The molecular weight excluding hydrogens is 430 g/mol. The van der Waals surface area contributed by atoms with E-state index in [0.29, 0.717) is 5.69 Å². The quantitative estimate of drug-likeness (QED) is 0.605. The Morgan fingerprint density at radius 1 is 1.28 bits per heavy atom. The van der Waals surface area contributed by atoms with E-state index >= 15 is 0 Å². The Morgan fingerprint density at radius 2 is 2.06 bits per heavy atom. The average molecular weight is 456 g/mol. The summed E-state index contributed by atoms with van der Waals surface area (Å²) in [4.78, 5) is 33.7. The molecule has 1 aliphatic rings. The fourth-order valence-corrected chi connectivity index (χ4v) is 4.31. The van der Waals surface area contributed by atoms with Gasteiger partial charge < -0.3 is 14.7 Å². The van der Waals surface area contributed by atoms with Crippen LogP contribution >= 0.6 is 11.3 Å². The van der Waals surface area contributed by atoms with Gasteiger partial charge in [-0.05, 0) is 24.6 Å². The number of benzene rings is 1. The molecule has 4 rings (SSSR count). The molecule has 1 aliphatic heterocycles. The standard InChI is InChI=1S/C22H25N5O4S/c1-15-4-3-5-17(10-15)27-20(29)11-18(28)21(24-27)22(30)25(2)12-16-14-32-19(23-16)13-26-6-8-31-9-7-26/h3-5,10-11,14,28H,6-9,12-13H2,1-2H3. The van der Waals surface area contributed by atoms with Crippen LogP contribution in [0.2, 0.25) is 0 Å². The molecule has 32 heavy (non-hydrogen) atoms. The zero-order valence-electron chi connectivity index (χ0n) is 18.0. The van der Waals surface area contributed by atoms with E-state index in [1.165, 1.54) is 4.90 Å². The molecule has 3 heterocycles. The predicted molar refractivity (Wildman–Crippen MR) is 120 cm³/mol. The molecule has 0 unspecified atom stereocenters. The van der Waals surface area contributed by atoms with Gasteiger partial charge in [-0.15, -0.1) is 11.3 Å². The van der Waals surface area contributed by atoms with Crippen molar-refractivity contribution in [2.24, 2.45) is 0 Å². The first-order chi connectivity index (χ1) is 15.4. The number of rotatable bonds is 6. The van der Waals surface area contributed by atoms with E-state index in [4.69, 9.17) is 4.74 Å². The second-order valence-electron chi connectivity index (χ2n) is 7.75. The lowest BCUT2D eigenvalue weighted by molar-refractivity contribution is 0.0341. The normalized spacial score (nSPS) is 14.4. The first-order valence-corrected chi connectivity index (χ1v) is 11.2. The average Bonchev–Trinajstić information content (AvgIpc) is 3.20. The highest BCUT2D eigenvalue weighted by Gasteiger charge is 2.22. The first kappa shape index (κ1) is 22.1. The van der Waals surface area contributed by atoms with E-state index in [1.807, 2.05) is 18.4 Å². The Balaban J connectivity index is 1.49. The molecule has 0 spiro atoms. The molecule has 1 amide bonds. The van der Waals surface area contributed by atoms with Crippen molar-refractivity contribution in [2.75, 3.05) is 33.4 Å². The van der Waals surface area contributed by atoms with Gasteiger partial charge in [0, 0.05) is 31.6 Å². The second-order valence-corrected chi connectivity index (χ2v) is 8.69. The largest absolute Gasteiger partial charge is 0.505 e. The lowest BCUT2D eigenvalue weighted by Gasteiger charge is -2.25. The molecule has 0 radical (unpaired) electrons. The topological polar surface area (TPSA) is 101 Å². The van der Waals surface area contributed by atoms with Gasteiger partial charge in [0.15, 0.2) is 11.4 Å². The maximum atomic E-state index is 13.0. The zero-order valence-corrected chi connectivity index (χ0v) is 18.8. The smallest absolute Gasteiger partial charge is 0.278 e. The Hall–Kier alpha value is -3.08. The molecule has 10 heteroatoms. The van der Waals surface area contributed by atoms with Crippen LogP contribution in [0, 0.1) is 6.92 Å². The van der Waals surface area contributed by atoms with Crippen LogP contribution in [0.4, 0.5) is 0 Å². The molecule has 1 fully saturated rings. The summed E-state index contributed by atoms with van der Waals surface area (Å²) in [5.41, 5.74) is 1.54. The van der Waals surface area contributed by atoms with Gasteiger partial charge in [0.25, 0.3) is 11.5 Å². The number of ether oxygens (including phenoxy) is 1. The Bertz CT molecular complexity index is 1170. The SMILES string of the molecule is Cc1cccc(-n2nc(C(=O)N(C)Cc3csc(CN4CCOCC4)n3)c(O)cc2=O)c1. The summed E-state index contributed by atoms with van der Waals surface area (Å²) >= 11 is 1.56. The summed E-state index contributed by atoms with van der Waals surface area (Å²) in [6.45, 7) is 6.16. The van der Waals surface area contributed by atoms with Crippen molar-refractivity contribution in [3.05, 3.63) is 68.0 Å². The maximum absolute atomic E-state index is 13.0. The van der Waals surface area contributed by atoms with Gasteiger partial charge in [-0.25, -0.2) is 4.98 Å². The molecule has 1 aromatic carbocycles. The van der Waals surface area contributed by atoms with Crippen LogP contribution < -0.4 is 5.56 Å². The van der Waals surface area contributed by atoms with Crippen LogP contribution in [-0.2, 0) is 17.8 Å². The van der Waals surface area contributed by atoms with E-state index < -0.39 is 17.2 Å². The van der Waals surface area contributed by atoms with E-state index in [9.17, 15) is 14.7 Å². The summed E-state index contributed by atoms with van der Waals surface area (Å²) in [7, 11) is 1.62. The van der Waals surface area contributed by atoms with Gasteiger partial charge in [-0.1, -0.05) is 12.1 Å². The minimum absolute atomic E-state index is 0.183.